The van der Waals surface area contributed by atoms with Crippen molar-refractivity contribution in [3.05, 3.63) is 35.8 Å². The fraction of sp³-hybridized carbons (Fsp3) is 0.400. The van der Waals surface area contributed by atoms with Gasteiger partial charge in [-0.25, -0.2) is 4.39 Å². The highest BCUT2D eigenvalue weighted by molar-refractivity contribution is 5.88. The Bertz CT molecular complexity index is 646. The number of fused-ring (bicyclic) bond motifs is 1. The van der Waals surface area contributed by atoms with Crippen LogP contribution >= 0.6 is 0 Å². The van der Waals surface area contributed by atoms with E-state index in [9.17, 15) is 14.3 Å². The molecule has 0 bridgehead atoms. The molecule has 1 aliphatic carbocycles. The van der Waals surface area contributed by atoms with Crippen LogP contribution in [0.25, 0.3) is 10.9 Å². The van der Waals surface area contributed by atoms with Crippen LogP contribution in [0.5, 0.6) is 0 Å². The third-order valence-electron chi connectivity index (χ3n) is 3.98. The molecule has 5 heteroatoms. The van der Waals surface area contributed by atoms with Gasteiger partial charge in [-0.05, 0) is 43.0 Å². The maximum absolute atomic E-state index is 13.1. The largest absolute Gasteiger partial charge is 0.388 e. The van der Waals surface area contributed by atoms with E-state index in [1.54, 1.807) is 12.3 Å². The quantitative estimate of drug-likeness (QED) is 0.798. The van der Waals surface area contributed by atoms with Gasteiger partial charge in [0.25, 0.3) is 0 Å². The third kappa shape index (κ3) is 2.54. The Labute approximate surface area is 116 Å². The summed E-state index contributed by atoms with van der Waals surface area (Å²) < 4.78 is 13.1. The smallest absolute Gasteiger partial charge is 0.224 e. The molecule has 4 nitrogen and oxygen atoms in total. The van der Waals surface area contributed by atoms with Crippen molar-refractivity contribution in [2.24, 2.45) is 0 Å². The molecule has 0 saturated heterocycles. The highest BCUT2D eigenvalue weighted by atomic mass is 19.1. The lowest BCUT2D eigenvalue weighted by atomic mass is 9.80. The second-order valence-electron chi connectivity index (χ2n) is 5.54. The van der Waals surface area contributed by atoms with Crippen molar-refractivity contribution in [3.63, 3.8) is 0 Å². The number of aromatic nitrogens is 1. The van der Waals surface area contributed by atoms with Gasteiger partial charge < -0.3 is 15.4 Å². The van der Waals surface area contributed by atoms with Crippen molar-refractivity contribution in [2.75, 3.05) is 6.54 Å². The van der Waals surface area contributed by atoms with Crippen LogP contribution in [0, 0.1) is 5.82 Å². The highest BCUT2D eigenvalue weighted by Crippen LogP contribution is 2.30. The Hall–Kier alpha value is -1.88. The standard InChI is InChI=1S/C15H17FN2O2/c16-11-2-3-12-10(8-17-13(12)7-11)6-14(19)18-9-15(20)4-1-5-15/h2-3,7-8,17,20H,1,4-6,9H2,(H,18,19). The number of nitrogens with one attached hydrogen (secondary N) is 2. The molecule has 1 heterocycles. The average molecular weight is 276 g/mol. The molecule has 0 unspecified atom stereocenters. The predicted octanol–water partition coefficient (Wildman–Crippen LogP) is 1.88. The maximum Gasteiger partial charge on any atom is 0.224 e. The molecule has 0 spiro atoms. The van der Waals surface area contributed by atoms with Crippen LogP contribution in [0.3, 0.4) is 0 Å². The summed E-state index contributed by atoms with van der Waals surface area (Å²) in [6.45, 7) is 0.308. The van der Waals surface area contributed by atoms with E-state index in [2.05, 4.69) is 10.3 Å². The molecule has 20 heavy (non-hydrogen) atoms. The number of carbonyl (C=O) groups excluding carboxylic acids is 1. The second-order valence-corrected chi connectivity index (χ2v) is 5.54. The Morgan fingerprint density at radius 1 is 1.45 bits per heavy atom. The Morgan fingerprint density at radius 2 is 2.25 bits per heavy atom. The van der Waals surface area contributed by atoms with E-state index in [0.29, 0.717) is 12.1 Å². The summed E-state index contributed by atoms with van der Waals surface area (Å²) >= 11 is 0. The fourth-order valence-corrected chi connectivity index (χ4v) is 2.57. The normalized spacial score (nSPS) is 16.9. The zero-order valence-corrected chi connectivity index (χ0v) is 11.1. The molecule has 1 saturated carbocycles. The molecule has 0 atom stereocenters. The summed E-state index contributed by atoms with van der Waals surface area (Å²) in [5.41, 5.74) is 0.808. The molecule has 2 aromatic rings. The van der Waals surface area contributed by atoms with Crippen LogP contribution < -0.4 is 5.32 Å². The minimum atomic E-state index is -0.709. The van der Waals surface area contributed by atoms with Crippen LogP contribution in [0.4, 0.5) is 4.39 Å². The summed E-state index contributed by atoms with van der Waals surface area (Å²) in [6.07, 6.45) is 4.46. The van der Waals surface area contributed by atoms with Gasteiger partial charge in [0, 0.05) is 23.6 Å². The Balaban J connectivity index is 1.65. The lowest BCUT2D eigenvalue weighted by Gasteiger charge is -2.36. The van der Waals surface area contributed by atoms with Crippen LogP contribution in [0.1, 0.15) is 24.8 Å². The summed E-state index contributed by atoms with van der Waals surface area (Å²) in [5.74, 6) is -0.432. The number of H-pyrrole nitrogens is 1. The first-order valence-electron chi connectivity index (χ1n) is 6.80. The van der Waals surface area contributed by atoms with Crippen LogP contribution in [0.15, 0.2) is 24.4 Å². The van der Waals surface area contributed by atoms with Crippen molar-refractivity contribution >= 4 is 16.8 Å². The fourth-order valence-electron chi connectivity index (χ4n) is 2.57. The molecule has 3 N–H and O–H groups in total. The number of hydrogen-bond acceptors (Lipinski definition) is 2. The monoisotopic (exact) mass is 276 g/mol. The summed E-state index contributed by atoms with van der Waals surface area (Å²) in [4.78, 5) is 14.9. The van der Waals surface area contributed by atoms with Gasteiger partial charge in [0.2, 0.25) is 5.91 Å². The second kappa shape index (κ2) is 4.90. The Kier molecular flexibility index (Phi) is 3.22. The number of hydrogen-bond donors (Lipinski definition) is 3. The molecular formula is C15H17FN2O2. The topological polar surface area (TPSA) is 65.1 Å². The van der Waals surface area contributed by atoms with Crippen LogP contribution in [-0.4, -0.2) is 28.1 Å². The molecule has 106 valence electrons. The van der Waals surface area contributed by atoms with E-state index in [-0.39, 0.29) is 18.1 Å². The first-order chi connectivity index (χ1) is 9.56. The molecule has 3 rings (SSSR count). The number of amides is 1. The minimum Gasteiger partial charge on any atom is -0.388 e. The number of aliphatic hydroxyl groups is 1. The lowest BCUT2D eigenvalue weighted by Crippen LogP contribution is -2.48. The molecule has 1 fully saturated rings. The predicted molar refractivity (Wildman–Crippen MR) is 73.8 cm³/mol. The minimum absolute atomic E-state index is 0.129. The van der Waals surface area contributed by atoms with Crippen LogP contribution in [-0.2, 0) is 11.2 Å². The van der Waals surface area contributed by atoms with Crippen molar-refractivity contribution in [1.82, 2.24) is 10.3 Å². The maximum atomic E-state index is 13.1. The van der Waals surface area contributed by atoms with Gasteiger partial charge in [0.15, 0.2) is 0 Å². The third-order valence-corrected chi connectivity index (χ3v) is 3.98. The summed E-state index contributed by atoms with van der Waals surface area (Å²) in [6, 6.07) is 4.46. The van der Waals surface area contributed by atoms with E-state index in [0.717, 1.165) is 30.2 Å². The van der Waals surface area contributed by atoms with Gasteiger partial charge >= 0.3 is 0 Å². The molecule has 1 aliphatic rings. The summed E-state index contributed by atoms with van der Waals surface area (Å²) in [7, 11) is 0. The zero-order valence-electron chi connectivity index (χ0n) is 11.1. The van der Waals surface area contributed by atoms with Gasteiger partial charge in [0.1, 0.15) is 5.82 Å². The van der Waals surface area contributed by atoms with Gasteiger partial charge in [-0.1, -0.05) is 0 Å². The molecule has 0 aliphatic heterocycles. The number of halogens is 1. The van der Waals surface area contributed by atoms with Crippen LogP contribution in [0.2, 0.25) is 0 Å². The van der Waals surface area contributed by atoms with E-state index < -0.39 is 5.60 Å². The first kappa shape index (κ1) is 13.1. The summed E-state index contributed by atoms with van der Waals surface area (Å²) in [5, 5.41) is 13.5. The van der Waals surface area contributed by atoms with Crippen molar-refractivity contribution in [2.45, 2.75) is 31.3 Å². The van der Waals surface area contributed by atoms with Crippen molar-refractivity contribution in [3.8, 4) is 0 Å². The number of benzene rings is 1. The molecule has 1 amide bonds. The van der Waals surface area contributed by atoms with Gasteiger partial charge in [0.05, 0.1) is 12.0 Å². The van der Waals surface area contributed by atoms with E-state index in [4.69, 9.17) is 0 Å². The van der Waals surface area contributed by atoms with E-state index >= 15 is 0 Å². The van der Waals surface area contributed by atoms with Gasteiger partial charge in [-0.15, -0.1) is 0 Å². The number of rotatable bonds is 4. The van der Waals surface area contributed by atoms with Crippen molar-refractivity contribution in [1.29, 1.82) is 0 Å². The molecular weight excluding hydrogens is 259 g/mol. The van der Waals surface area contributed by atoms with Crippen molar-refractivity contribution < 1.29 is 14.3 Å². The lowest BCUT2D eigenvalue weighted by molar-refractivity contribution is -0.122. The van der Waals surface area contributed by atoms with Gasteiger partial charge in [-0.2, -0.15) is 0 Å². The number of carbonyl (C=O) groups is 1. The number of aromatic amines is 1. The zero-order chi connectivity index (χ0) is 14.2. The molecule has 0 radical (unpaired) electrons. The Morgan fingerprint density at radius 3 is 2.95 bits per heavy atom. The molecule has 1 aromatic heterocycles. The average Bonchev–Trinajstić information content (AvgIpc) is 2.76. The van der Waals surface area contributed by atoms with E-state index in [1.165, 1.54) is 12.1 Å². The SMILES string of the molecule is O=C(Cc1c[nH]c2cc(F)ccc12)NCC1(O)CCC1. The van der Waals surface area contributed by atoms with Gasteiger partial charge in [-0.3, -0.25) is 4.79 Å². The van der Waals surface area contributed by atoms with E-state index in [1.807, 2.05) is 0 Å². The highest BCUT2D eigenvalue weighted by Gasteiger charge is 2.34. The first-order valence-corrected chi connectivity index (χ1v) is 6.80. The molecule has 1 aromatic carbocycles.